The van der Waals surface area contributed by atoms with Crippen LogP contribution in [0.25, 0.3) is 16.8 Å². The summed E-state index contributed by atoms with van der Waals surface area (Å²) in [5, 5.41) is 4.51. The molecule has 0 radical (unpaired) electrons. The van der Waals surface area contributed by atoms with Crippen molar-refractivity contribution in [2.24, 2.45) is 0 Å². The van der Waals surface area contributed by atoms with Crippen LogP contribution in [0.3, 0.4) is 0 Å². The highest BCUT2D eigenvalue weighted by atomic mass is 16.5. The minimum absolute atomic E-state index is 0.397. The van der Waals surface area contributed by atoms with Gasteiger partial charge in [-0.1, -0.05) is 42.5 Å². The van der Waals surface area contributed by atoms with E-state index in [-0.39, 0.29) is 0 Å². The zero-order valence-corrected chi connectivity index (χ0v) is 17.9. The van der Waals surface area contributed by atoms with Gasteiger partial charge in [-0.3, -0.25) is 0 Å². The molecular weight excluding hydrogens is 400 g/mol. The van der Waals surface area contributed by atoms with Crippen molar-refractivity contribution in [1.29, 1.82) is 0 Å². The van der Waals surface area contributed by atoms with Gasteiger partial charge in [-0.05, 0) is 50.0 Å². The minimum Gasteiger partial charge on any atom is -0.489 e. The fourth-order valence-corrected chi connectivity index (χ4v) is 4.72. The Hall–Kier alpha value is -3.45. The van der Waals surface area contributed by atoms with Gasteiger partial charge in [0.1, 0.15) is 35.7 Å². The summed E-state index contributed by atoms with van der Waals surface area (Å²) in [6, 6.07) is 18.9. The van der Waals surface area contributed by atoms with Crippen molar-refractivity contribution in [2.75, 3.05) is 18.8 Å². The lowest BCUT2D eigenvalue weighted by molar-refractivity contribution is 0.0518. The Bertz CT molecular complexity index is 1240. The number of likely N-dealkylation sites (tertiary alicyclic amines) is 1. The molecule has 4 aromatic rings. The molecular formula is C25H26N6O. The van der Waals surface area contributed by atoms with Gasteiger partial charge in [-0.2, -0.15) is 5.10 Å². The van der Waals surface area contributed by atoms with Gasteiger partial charge in [-0.25, -0.2) is 14.5 Å². The van der Waals surface area contributed by atoms with Crippen molar-refractivity contribution in [3.05, 3.63) is 72.3 Å². The Morgan fingerprint density at radius 1 is 1.03 bits per heavy atom. The molecule has 32 heavy (non-hydrogen) atoms. The van der Waals surface area contributed by atoms with E-state index in [1.54, 1.807) is 0 Å². The summed E-state index contributed by atoms with van der Waals surface area (Å²) in [5.74, 6) is 2.62. The van der Waals surface area contributed by atoms with Gasteiger partial charge in [0.2, 0.25) is 0 Å². The van der Waals surface area contributed by atoms with Crippen LogP contribution in [-0.4, -0.2) is 43.6 Å². The molecule has 2 fully saturated rings. The second-order valence-electron chi connectivity index (χ2n) is 8.74. The largest absolute Gasteiger partial charge is 0.489 e. The van der Waals surface area contributed by atoms with E-state index in [1.165, 1.54) is 25.8 Å². The predicted octanol–water partition coefficient (Wildman–Crippen LogP) is 3.90. The topological polar surface area (TPSA) is 81.6 Å². The zero-order valence-electron chi connectivity index (χ0n) is 17.9. The number of hydrogen-bond acceptors (Lipinski definition) is 6. The molecule has 2 aromatic carbocycles. The van der Waals surface area contributed by atoms with Crippen LogP contribution < -0.4 is 10.5 Å². The number of fused-ring (bicyclic) bond motifs is 1. The molecule has 1 aliphatic carbocycles. The molecule has 7 nitrogen and oxygen atoms in total. The monoisotopic (exact) mass is 426 g/mol. The van der Waals surface area contributed by atoms with Gasteiger partial charge >= 0.3 is 0 Å². The number of nitrogen functional groups attached to an aromatic ring is 1. The predicted molar refractivity (Wildman–Crippen MR) is 123 cm³/mol. The van der Waals surface area contributed by atoms with E-state index in [0.717, 1.165) is 46.8 Å². The first-order valence-electron chi connectivity index (χ1n) is 11.3. The quantitative estimate of drug-likeness (QED) is 0.504. The number of ether oxygens (including phenoxy) is 1. The van der Waals surface area contributed by atoms with Gasteiger partial charge < -0.3 is 15.4 Å². The number of imidazole rings is 1. The molecule has 0 unspecified atom stereocenters. The Balaban J connectivity index is 1.30. The summed E-state index contributed by atoms with van der Waals surface area (Å²) in [7, 11) is 0. The Labute approximate surface area is 186 Å². The van der Waals surface area contributed by atoms with Crippen LogP contribution in [0.2, 0.25) is 0 Å². The van der Waals surface area contributed by atoms with Gasteiger partial charge in [0.15, 0.2) is 5.82 Å². The third-order valence-electron chi connectivity index (χ3n) is 6.73. The maximum atomic E-state index is 6.29. The second-order valence-corrected chi connectivity index (χ2v) is 8.74. The van der Waals surface area contributed by atoms with E-state index < -0.39 is 0 Å². The third-order valence-corrected chi connectivity index (χ3v) is 6.73. The normalized spacial score (nSPS) is 20.6. The number of rotatable bonds is 6. The van der Waals surface area contributed by atoms with Crippen LogP contribution in [0.15, 0.2) is 60.9 Å². The molecule has 6 rings (SSSR count). The number of nitrogens with zero attached hydrogens (tertiary/aromatic N) is 5. The molecule has 2 aliphatic rings. The Morgan fingerprint density at radius 2 is 1.88 bits per heavy atom. The number of anilines is 1. The van der Waals surface area contributed by atoms with E-state index in [4.69, 9.17) is 15.5 Å². The maximum Gasteiger partial charge on any atom is 0.153 e. The molecule has 0 amide bonds. The number of aromatic nitrogens is 4. The molecule has 0 spiro atoms. The molecule has 1 saturated carbocycles. The lowest BCUT2D eigenvalue weighted by Gasteiger charge is -2.46. The highest BCUT2D eigenvalue weighted by Crippen LogP contribution is 2.42. The average Bonchev–Trinajstić information content (AvgIpc) is 3.15. The molecule has 1 saturated heterocycles. The molecule has 2 aromatic heterocycles. The Kier molecular flexibility index (Phi) is 4.76. The van der Waals surface area contributed by atoms with E-state index in [0.29, 0.717) is 24.4 Å². The van der Waals surface area contributed by atoms with Gasteiger partial charge in [0.05, 0.1) is 0 Å². The van der Waals surface area contributed by atoms with Crippen LogP contribution in [0.1, 0.15) is 36.6 Å². The molecule has 1 aliphatic heterocycles. The van der Waals surface area contributed by atoms with Crippen molar-refractivity contribution >= 4 is 11.3 Å². The number of nitrogens with two attached hydrogens (primary N) is 1. The van der Waals surface area contributed by atoms with Gasteiger partial charge in [0.25, 0.3) is 0 Å². The second kappa shape index (κ2) is 7.91. The van der Waals surface area contributed by atoms with Crippen LogP contribution in [0.5, 0.6) is 5.75 Å². The lowest BCUT2D eigenvalue weighted by atomic mass is 9.77. The summed E-state index contributed by atoms with van der Waals surface area (Å²) >= 11 is 0. The highest BCUT2D eigenvalue weighted by Gasteiger charge is 2.39. The first-order chi connectivity index (χ1) is 15.8. The first-order valence-corrected chi connectivity index (χ1v) is 11.3. The van der Waals surface area contributed by atoms with E-state index >= 15 is 0 Å². The van der Waals surface area contributed by atoms with Gasteiger partial charge in [0, 0.05) is 17.5 Å². The summed E-state index contributed by atoms with van der Waals surface area (Å²) in [4.78, 5) is 11.9. The third kappa shape index (κ3) is 3.39. The van der Waals surface area contributed by atoms with Gasteiger partial charge in [-0.15, -0.1) is 0 Å². The molecule has 0 atom stereocenters. The average molecular weight is 427 g/mol. The van der Waals surface area contributed by atoms with E-state index in [1.807, 2.05) is 47.0 Å². The zero-order chi connectivity index (χ0) is 21.5. The van der Waals surface area contributed by atoms with Crippen molar-refractivity contribution in [1.82, 2.24) is 24.5 Å². The van der Waals surface area contributed by atoms with Crippen molar-refractivity contribution in [2.45, 2.75) is 37.8 Å². The number of benzene rings is 2. The standard InChI is InChI=1S/C25H26N6O/c26-24-23-22(18-8-4-9-21(14-18)32-15-17-6-2-1-3-7-17)29-25(31(23)28-16-27-24)19-12-20(13-19)30-10-5-11-30/h1-4,6-9,14,16,19-20H,5,10-13,15H2,(H2,26,27,28). The van der Waals surface area contributed by atoms with E-state index in [2.05, 4.69) is 27.1 Å². The van der Waals surface area contributed by atoms with Crippen LogP contribution >= 0.6 is 0 Å². The smallest absolute Gasteiger partial charge is 0.153 e. The summed E-state index contributed by atoms with van der Waals surface area (Å²) < 4.78 is 7.93. The Morgan fingerprint density at radius 3 is 2.66 bits per heavy atom. The van der Waals surface area contributed by atoms with Crippen molar-refractivity contribution in [3.8, 4) is 17.0 Å². The molecule has 3 heterocycles. The SMILES string of the molecule is Nc1ncnn2c(C3CC(N4CCC4)C3)nc(-c3cccc(OCc4ccccc4)c3)c12. The van der Waals surface area contributed by atoms with Crippen LogP contribution in [0.4, 0.5) is 5.82 Å². The summed E-state index contributed by atoms with van der Waals surface area (Å²) in [5.41, 5.74) is 9.97. The summed E-state index contributed by atoms with van der Waals surface area (Å²) in [6.45, 7) is 2.98. The van der Waals surface area contributed by atoms with E-state index in [9.17, 15) is 0 Å². The minimum atomic E-state index is 0.397. The maximum absolute atomic E-state index is 6.29. The lowest BCUT2D eigenvalue weighted by Crippen LogP contribution is -2.50. The highest BCUT2D eigenvalue weighted by molar-refractivity contribution is 5.85. The molecule has 7 heteroatoms. The first kappa shape index (κ1) is 19.3. The molecule has 162 valence electrons. The van der Waals surface area contributed by atoms with Crippen molar-refractivity contribution in [3.63, 3.8) is 0 Å². The number of hydrogen-bond donors (Lipinski definition) is 1. The van der Waals surface area contributed by atoms with Crippen molar-refractivity contribution < 1.29 is 4.74 Å². The fraction of sp³-hybridized carbons (Fsp3) is 0.320. The van der Waals surface area contributed by atoms with Crippen LogP contribution in [-0.2, 0) is 6.61 Å². The molecule has 0 bridgehead atoms. The summed E-state index contributed by atoms with van der Waals surface area (Å²) in [6.07, 6.45) is 5.09. The molecule has 2 N–H and O–H groups in total. The van der Waals surface area contributed by atoms with Crippen LogP contribution in [0, 0.1) is 0 Å². The fourth-order valence-electron chi connectivity index (χ4n) is 4.72.